The van der Waals surface area contributed by atoms with Gasteiger partial charge in [0.1, 0.15) is 0 Å². The predicted octanol–water partition coefficient (Wildman–Crippen LogP) is 4.47. The SMILES string of the molecule is O=C(Cc1ccncc1Cl)c1cccc(Cl)c1Cl. The van der Waals surface area contributed by atoms with Crippen molar-refractivity contribution in [3.8, 4) is 0 Å². The molecule has 0 fully saturated rings. The maximum atomic E-state index is 12.1. The van der Waals surface area contributed by atoms with Crippen LogP contribution in [0.5, 0.6) is 0 Å². The Labute approximate surface area is 120 Å². The highest BCUT2D eigenvalue weighted by Crippen LogP contribution is 2.27. The fourth-order valence-electron chi connectivity index (χ4n) is 1.53. The Morgan fingerprint density at radius 1 is 1.11 bits per heavy atom. The third kappa shape index (κ3) is 2.83. The van der Waals surface area contributed by atoms with E-state index >= 15 is 0 Å². The summed E-state index contributed by atoms with van der Waals surface area (Å²) in [5.74, 6) is -0.129. The van der Waals surface area contributed by atoms with Crippen LogP contribution in [0.4, 0.5) is 0 Å². The van der Waals surface area contributed by atoms with Crippen molar-refractivity contribution < 1.29 is 4.79 Å². The van der Waals surface area contributed by atoms with Gasteiger partial charge in [-0.05, 0) is 23.8 Å². The number of benzene rings is 1. The van der Waals surface area contributed by atoms with E-state index in [1.54, 1.807) is 30.5 Å². The summed E-state index contributed by atoms with van der Waals surface area (Å²) in [7, 11) is 0. The van der Waals surface area contributed by atoms with Crippen LogP contribution < -0.4 is 0 Å². The van der Waals surface area contributed by atoms with Crippen molar-refractivity contribution >= 4 is 40.6 Å². The van der Waals surface area contributed by atoms with Crippen molar-refractivity contribution in [3.05, 3.63) is 62.9 Å². The molecule has 1 aromatic carbocycles. The number of carbonyl (C=O) groups excluding carboxylic acids is 1. The van der Waals surface area contributed by atoms with Crippen LogP contribution in [0.15, 0.2) is 36.7 Å². The minimum atomic E-state index is -0.129. The minimum absolute atomic E-state index is 0.129. The number of halogens is 3. The zero-order chi connectivity index (χ0) is 13.1. The summed E-state index contributed by atoms with van der Waals surface area (Å²) in [5, 5.41) is 1.10. The second-order valence-electron chi connectivity index (χ2n) is 3.67. The van der Waals surface area contributed by atoms with E-state index in [0.717, 1.165) is 0 Å². The van der Waals surface area contributed by atoms with E-state index < -0.39 is 0 Å². The van der Waals surface area contributed by atoms with Gasteiger partial charge in [0.15, 0.2) is 5.78 Å². The van der Waals surface area contributed by atoms with Crippen molar-refractivity contribution in [2.75, 3.05) is 0 Å². The third-order valence-corrected chi connectivity index (χ3v) is 3.62. The Hall–Kier alpha value is -1.09. The monoisotopic (exact) mass is 299 g/mol. The first-order valence-electron chi connectivity index (χ1n) is 5.15. The number of carbonyl (C=O) groups is 1. The number of nitrogens with zero attached hydrogens (tertiary/aromatic N) is 1. The van der Waals surface area contributed by atoms with Crippen molar-refractivity contribution in [3.63, 3.8) is 0 Å². The van der Waals surface area contributed by atoms with Gasteiger partial charge >= 0.3 is 0 Å². The van der Waals surface area contributed by atoms with Gasteiger partial charge in [0, 0.05) is 24.4 Å². The molecule has 5 heteroatoms. The Balaban J connectivity index is 2.28. The molecule has 0 spiro atoms. The van der Waals surface area contributed by atoms with Crippen LogP contribution in [0.1, 0.15) is 15.9 Å². The zero-order valence-corrected chi connectivity index (χ0v) is 11.4. The highest BCUT2D eigenvalue weighted by molar-refractivity contribution is 6.44. The van der Waals surface area contributed by atoms with Gasteiger partial charge in [-0.2, -0.15) is 0 Å². The molecule has 2 aromatic rings. The van der Waals surface area contributed by atoms with Crippen LogP contribution in [0.2, 0.25) is 15.1 Å². The molecule has 18 heavy (non-hydrogen) atoms. The number of rotatable bonds is 3. The highest BCUT2D eigenvalue weighted by atomic mass is 35.5. The van der Waals surface area contributed by atoms with Gasteiger partial charge in [-0.3, -0.25) is 9.78 Å². The molecule has 2 nitrogen and oxygen atoms in total. The largest absolute Gasteiger partial charge is 0.294 e. The molecule has 0 unspecified atom stereocenters. The van der Waals surface area contributed by atoms with Crippen molar-refractivity contribution in [1.82, 2.24) is 4.98 Å². The fourth-order valence-corrected chi connectivity index (χ4v) is 2.13. The summed E-state index contributed by atoms with van der Waals surface area (Å²) in [5.41, 5.74) is 1.12. The summed E-state index contributed by atoms with van der Waals surface area (Å²) in [6.45, 7) is 0. The molecule has 0 aliphatic heterocycles. The average molecular weight is 301 g/mol. The molecule has 0 aliphatic carbocycles. The van der Waals surface area contributed by atoms with Crippen LogP contribution in [-0.4, -0.2) is 10.8 Å². The molecule has 92 valence electrons. The lowest BCUT2D eigenvalue weighted by Gasteiger charge is -2.06. The van der Waals surface area contributed by atoms with Gasteiger partial charge in [0.05, 0.1) is 15.1 Å². The fraction of sp³-hybridized carbons (Fsp3) is 0.0769. The van der Waals surface area contributed by atoms with Gasteiger partial charge in [0.2, 0.25) is 0 Å². The Morgan fingerprint density at radius 3 is 2.61 bits per heavy atom. The summed E-state index contributed by atoms with van der Waals surface area (Å²) < 4.78 is 0. The number of hydrogen-bond donors (Lipinski definition) is 0. The summed E-state index contributed by atoms with van der Waals surface area (Å²) in [6, 6.07) is 6.68. The van der Waals surface area contributed by atoms with Crippen molar-refractivity contribution in [2.24, 2.45) is 0 Å². The first-order valence-corrected chi connectivity index (χ1v) is 6.28. The van der Waals surface area contributed by atoms with E-state index in [9.17, 15) is 4.79 Å². The van der Waals surface area contributed by atoms with Gasteiger partial charge < -0.3 is 0 Å². The average Bonchev–Trinajstić information content (AvgIpc) is 2.35. The van der Waals surface area contributed by atoms with Crippen molar-refractivity contribution in [1.29, 1.82) is 0 Å². The molecule has 0 N–H and O–H groups in total. The second-order valence-corrected chi connectivity index (χ2v) is 4.86. The summed E-state index contributed by atoms with van der Waals surface area (Å²) >= 11 is 17.8. The Kier molecular flexibility index (Phi) is 4.23. The van der Waals surface area contributed by atoms with E-state index in [1.165, 1.54) is 6.20 Å². The van der Waals surface area contributed by atoms with Crippen LogP contribution in [0.25, 0.3) is 0 Å². The molecule has 1 heterocycles. The van der Waals surface area contributed by atoms with Gasteiger partial charge in [0.25, 0.3) is 0 Å². The van der Waals surface area contributed by atoms with Gasteiger partial charge in [-0.15, -0.1) is 0 Å². The normalized spacial score (nSPS) is 10.4. The first kappa shape index (κ1) is 13.3. The summed E-state index contributed by atoms with van der Waals surface area (Å²) in [4.78, 5) is 16.0. The maximum absolute atomic E-state index is 12.1. The molecule has 2 rings (SSSR count). The molecule has 0 aliphatic rings. The first-order chi connectivity index (χ1) is 8.59. The van der Waals surface area contributed by atoms with E-state index in [4.69, 9.17) is 34.8 Å². The standard InChI is InChI=1S/C13H8Cl3NO/c14-10-3-1-2-9(13(10)16)12(18)6-8-4-5-17-7-11(8)15/h1-5,7H,6H2. The van der Waals surface area contributed by atoms with Crippen LogP contribution in [0.3, 0.4) is 0 Å². The quantitative estimate of drug-likeness (QED) is 0.783. The maximum Gasteiger partial charge on any atom is 0.168 e. The second kappa shape index (κ2) is 5.70. The van der Waals surface area contributed by atoms with E-state index in [0.29, 0.717) is 21.2 Å². The topological polar surface area (TPSA) is 30.0 Å². The zero-order valence-electron chi connectivity index (χ0n) is 9.16. The smallest absolute Gasteiger partial charge is 0.168 e. The molecular weight excluding hydrogens is 293 g/mol. The molecule has 0 bridgehead atoms. The lowest BCUT2D eigenvalue weighted by molar-refractivity contribution is 0.0993. The van der Waals surface area contributed by atoms with Crippen LogP contribution in [0, 0.1) is 0 Å². The number of pyridine rings is 1. The van der Waals surface area contributed by atoms with Crippen molar-refractivity contribution in [2.45, 2.75) is 6.42 Å². The summed E-state index contributed by atoms with van der Waals surface area (Å²) in [6.07, 6.45) is 3.26. The number of hydrogen-bond acceptors (Lipinski definition) is 2. The number of aromatic nitrogens is 1. The molecule has 0 saturated carbocycles. The number of ketones is 1. The minimum Gasteiger partial charge on any atom is -0.294 e. The molecule has 0 amide bonds. The third-order valence-electron chi connectivity index (χ3n) is 2.46. The van der Waals surface area contributed by atoms with Crippen LogP contribution in [-0.2, 0) is 6.42 Å². The predicted molar refractivity (Wildman–Crippen MR) is 73.7 cm³/mol. The Bertz CT molecular complexity index is 599. The highest BCUT2D eigenvalue weighted by Gasteiger charge is 2.14. The molecule has 0 atom stereocenters. The molecule has 1 aromatic heterocycles. The van der Waals surface area contributed by atoms with E-state index in [2.05, 4.69) is 4.98 Å². The van der Waals surface area contributed by atoms with E-state index in [-0.39, 0.29) is 17.2 Å². The lowest BCUT2D eigenvalue weighted by atomic mass is 10.0. The van der Waals surface area contributed by atoms with Gasteiger partial charge in [-0.25, -0.2) is 0 Å². The van der Waals surface area contributed by atoms with E-state index in [1.807, 2.05) is 0 Å². The molecule has 0 radical (unpaired) electrons. The van der Waals surface area contributed by atoms with Crippen LogP contribution >= 0.6 is 34.8 Å². The molecular formula is C13H8Cl3NO. The van der Waals surface area contributed by atoms with Gasteiger partial charge in [-0.1, -0.05) is 40.9 Å². The Morgan fingerprint density at radius 2 is 1.89 bits per heavy atom. The number of Topliss-reactive ketones (excluding diaryl/α,β-unsaturated/α-hetero) is 1. The lowest BCUT2D eigenvalue weighted by Crippen LogP contribution is -2.05. The molecule has 0 saturated heterocycles.